The maximum atomic E-state index is 3.86. The van der Waals surface area contributed by atoms with Crippen molar-refractivity contribution in [1.29, 1.82) is 0 Å². The summed E-state index contributed by atoms with van der Waals surface area (Å²) in [5.74, 6) is 0. The van der Waals surface area contributed by atoms with Crippen LogP contribution in [0.5, 0.6) is 0 Å². The van der Waals surface area contributed by atoms with E-state index in [1.807, 2.05) is 6.08 Å². The third-order valence-corrected chi connectivity index (χ3v) is 3.29. The van der Waals surface area contributed by atoms with Gasteiger partial charge >= 0.3 is 0 Å². The Morgan fingerprint density at radius 3 is 2.50 bits per heavy atom. The van der Waals surface area contributed by atoms with Gasteiger partial charge in [-0.15, -0.1) is 6.58 Å². The molecule has 1 fully saturated rings. The number of hydrogen-bond acceptors (Lipinski definition) is 2. The Morgan fingerprint density at radius 1 is 1.44 bits per heavy atom. The summed E-state index contributed by atoms with van der Waals surface area (Å²) in [6.45, 7) is 15.1. The summed E-state index contributed by atoms with van der Waals surface area (Å²) < 4.78 is 0. The molecule has 2 heteroatoms. The lowest BCUT2D eigenvalue weighted by atomic mass is 10.0. The molecule has 0 aromatic heterocycles. The molecule has 1 aliphatic carbocycles. The van der Waals surface area contributed by atoms with Gasteiger partial charge in [-0.1, -0.05) is 6.08 Å². The molecular formula is C14H28N2. The zero-order valence-electron chi connectivity index (χ0n) is 11.4. The molecule has 0 aliphatic heterocycles. The molecule has 1 saturated carbocycles. The maximum Gasteiger partial charge on any atom is 0.0168 e. The van der Waals surface area contributed by atoms with E-state index in [9.17, 15) is 0 Å². The van der Waals surface area contributed by atoms with Crippen molar-refractivity contribution in [3.8, 4) is 0 Å². The lowest BCUT2D eigenvalue weighted by Crippen LogP contribution is -2.47. The molecule has 1 N–H and O–H groups in total. The molecule has 0 spiro atoms. The highest BCUT2D eigenvalue weighted by Crippen LogP contribution is 2.20. The zero-order valence-corrected chi connectivity index (χ0v) is 11.4. The van der Waals surface area contributed by atoms with Gasteiger partial charge in [0.2, 0.25) is 0 Å². The second-order valence-corrected chi connectivity index (χ2v) is 5.98. The summed E-state index contributed by atoms with van der Waals surface area (Å²) in [6.07, 6.45) is 5.99. The van der Waals surface area contributed by atoms with E-state index in [-0.39, 0.29) is 5.54 Å². The Bertz CT molecular complexity index is 213. The van der Waals surface area contributed by atoms with E-state index < -0.39 is 0 Å². The molecule has 0 amide bonds. The quantitative estimate of drug-likeness (QED) is 0.669. The van der Waals surface area contributed by atoms with Gasteiger partial charge in [-0.3, -0.25) is 4.90 Å². The fraction of sp³-hybridized carbons (Fsp3) is 0.857. The molecule has 0 aromatic rings. The van der Waals surface area contributed by atoms with Gasteiger partial charge in [0.1, 0.15) is 0 Å². The first-order chi connectivity index (χ1) is 7.45. The predicted molar refractivity (Wildman–Crippen MR) is 71.8 cm³/mol. The van der Waals surface area contributed by atoms with Crippen molar-refractivity contribution in [2.75, 3.05) is 13.1 Å². The van der Waals surface area contributed by atoms with Gasteiger partial charge < -0.3 is 5.32 Å². The molecule has 1 rings (SSSR count). The summed E-state index contributed by atoms with van der Waals surface area (Å²) in [6, 6.07) is 1.44. The van der Waals surface area contributed by atoms with Crippen LogP contribution >= 0.6 is 0 Å². The molecule has 94 valence electrons. The number of hydrogen-bond donors (Lipinski definition) is 1. The highest BCUT2D eigenvalue weighted by Gasteiger charge is 2.25. The van der Waals surface area contributed by atoms with Gasteiger partial charge in [0.05, 0.1) is 0 Å². The third-order valence-electron chi connectivity index (χ3n) is 3.29. The van der Waals surface area contributed by atoms with Gasteiger partial charge in [-0.2, -0.15) is 0 Å². The van der Waals surface area contributed by atoms with Gasteiger partial charge in [0, 0.05) is 24.2 Å². The van der Waals surface area contributed by atoms with E-state index in [4.69, 9.17) is 0 Å². The van der Waals surface area contributed by atoms with E-state index in [0.29, 0.717) is 6.04 Å². The van der Waals surface area contributed by atoms with Crippen LogP contribution < -0.4 is 5.32 Å². The lowest BCUT2D eigenvalue weighted by molar-refractivity contribution is 0.101. The monoisotopic (exact) mass is 224 g/mol. The minimum absolute atomic E-state index is 0.229. The summed E-state index contributed by atoms with van der Waals surface area (Å²) in [5, 5.41) is 3.58. The van der Waals surface area contributed by atoms with Crippen LogP contribution in [0.15, 0.2) is 12.7 Å². The van der Waals surface area contributed by atoms with Crippen molar-refractivity contribution >= 4 is 0 Å². The first-order valence-electron chi connectivity index (χ1n) is 6.56. The first-order valence-corrected chi connectivity index (χ1v) is 6.56. The van der Waals surface area contributed by atoms with Crippen molar-refractivity contribution < 1.29 is 0 Å². The summed E-state index contributed by atoms with van der Waals surface area (Å²) >= 11 is 0. The lowest BCUT2D eigenvalue weighted by Gasteiger charge is -2.39. The molecule has 1 unspecified atom stereocenters. The zero-order chi connectivity index (χ0) is 12.2. The molecule has 0 bridgehead atoms. The van der Waals surface area contributed by atoms with Gasteiger partial charge in [-0.25, -0.2) is 0 Å². The first kappa shape index (κ1) is 13.7. The highest BCUT2D eigenvalue weighted by atomic mass is 15.2. The van der Waals surface area contributed by atoms with Gasteiger partial charge in [0.25, 0.3) is 0 Å². The van der Waals surface area contributed by atoms with Crippen molar-refractivity contribution in [3.05, 3.63) is 12.7 Å². The van der Waals surface area contributed by atoms with Crippen molar-refractivity contribution in [2.24, 2.45) is 0 Å². The standard InChI is InChI=1S/C14H28N2/c1-6-11-16(14(3,4)5)12(2)9-10-15-13-7-8-13/h6,12-13,15H,1,7-11H2,2-5H3. The molecule has 16 heavy (non-hydrogen) atoms. The number of rotatable bonds is 7. The number of nitrogens with zero attached hydrogens (tertiary/aromatic N) is 1. The van der Waals surface area contributed by atoms with Crippen LogP contribution in [0.25, 0.3) is 0 Å². The van der Waals surface area contributed by atoms with Crippen molar-refractivity contribution in [1.82, 2.24) is 10.2 Å². The minimum atomic E-state index is 0.229. The molecule has 1 aliphatic rings. The fourth-order valence-electron chi connectivity index (χ4n) is 2.19. The second kappa shape index (κ2) is 5.83. The smallest absolute Gasteiger partial charge is 0.0168 e. The van der Waals surface area contributed by atoms with Crippen LogP contribution in [0.1, 0.15) is 47.0 Å². The summed E-state index contributed by atoms with van der Waals surface area (Å²) in [7, 11) is 0. The molecule has 0 heterocycles. The Labute approximate surface area is 101 Å². The van der Waals surface area contributed by atoms with Crippen LogP contribution in [0.3, 0.4) is 0 Å². The highest BCUT2D eigenvalue weighted by molar-refractivity contribution is 4.87. The SMILES string of the molecule is C=CCN(C(C)CCNC1CC1)C(C)(C)C. The predicted octanol–water partition coefficient (Wildman–Crippen LogP) is 2.80. The molecule has 0 aromatic carbocycles. The van der Waals surface area contributed by atoms with Crippen molar-refractivity contribution in [2.45, 2.75) is 64.6 Å². The molecule has 1 atom stereocenters. The van der Waals surface area contributed by atoms with Crippen LogP contribution in [0, 0.1) is 0 Å². The maximum absolute atomic E-state index is 3.86. The van der Waals surface area contributed by atoms with Crippen LogP contribution in [-0.4, -0.2) is 35.6 Å². The third kappa shape index (κ3) is 4.67. The fourth-order valence-corrected chi connectivity index (χ4v) is 2.19. The average Bonchev–Trinajstić information content (AvgIpc) is 2.95. The molecule has 2 nitrogen and oxygen atoms in total. The van der Waals surface area contributed by atoms with Crippen LogP contribution in [0.2, 0.25) is 0 Å². The molecule has 0 radical (unpaired) electrons. The Morgan fingerprint density at radius 2 is 2.06 bits per heavy atom. The topological polar surface area (TPSA) is 15.3 Å². The molecule has 0 saturated heterocycles. The van der Waals surface area contributed by atoms with E-state index in [1.54, 1.807) is 0 Å². The Balaban J connectivity index is 2.32. The summed E-state index contributed by atoms with van der Waals surface area (Å²) in [4.78, 5) is 2.52. The normalized spacial score (nSPS) is 18.8. The Hall–Kier alpha value is -0.340. The largest absolute Gasteiger partial charge is 0.314 e. The van der Waals surface area contributed by atoms with Crippen molar-refractivity contribution in [3.63, 3.8) is 0 Å². The van der Waals surface area contributed by atoms with Gasteiger partial charge in [0.15, 0.2) is 0 Å². The minimum Gasteiger partial charge on any atom is -0.314 e. The van der Waals surface area contributed by atoms with E-state index >= 15 is 0 Å². The van der Waals surface area contributed by atoms with E-state index in [0.717, 1.165) is 19.1 Å². The van der Waals surface area contributed by atoms with Crippen LogP contribution in [0.4, 0.5) is 0 Å². The average molecular weight is 224 g/mol. The van der Waals surface area contributed by atoms with Crippen LogP contribution in [-0.2, 0) is 0 Å². The Kier molecular flexibility index (Phi) is 5.00. The second-order valence-electron chi connectivity index (χ2n) is 5.98. The summed E-state index contributed by atoms with van der Waals surface area (Å²) in [5.41, 5.74) is 0.229. The van der Waals surface area contributed by atoms with E-state index in [2.05, 4.69) is 44.5 Å². The van der Waals surface area contributed by atoms with Gasteiger partial charge in [-0.05, 0) is 53.5 Å². The number of nitrogens with one attached hydrogen (secondary N) is 1. The molecular weight excluding hydrogens is 196 g/mol. The van der Waals surface area contributed by atoms with E-state index in [1.165, 1.54) is 19.3 Å².